The number of nitrogens with zero attached hydrogens (tertiary/aromatic N) is 6. The summed E-state index contributed by atoms with van der Waals surface area (Å²) in [5.41, 5.74) is 2.32. The van der Waals surface area contributed by atoms with Crippen molar-refractivity contribution in [1.82, 2.24) is 34.7 Å². The Bertz CT molecular complexity index is 1000. The van der Waals surface area contributed by atoms with E-state index in [-0.39, 0.29) is 11.9 Å². The molecule has 8 nitrogen and oxygen atoms in total. The van der Waals surface area contributed by atoms with Gasteiger partial charge in [-0.05, 0) is 45.2 Å². The molecule has 1 aliphatic rings. The highest BCUT2D eigenvalue weighted by atomic mass is 16.1. The zero-order valence-corrected chi connectivity index (χ0v) is 17.8. The Morgan fingerprint density at radius 3 is 2.83 bits per heavy atom. The minimum Gasteiger partial charge on any atom is -0.352 e. The van der Waals surface area contributed by atoms with Gasteiger partial charge in [0.1, 0.15) is 0 Å². The van der Waals surface area contributed by atoms with E-state index in [1.54, 1.807) is 12.3 Å². The van der Waals surface area contributed by atoms with E-state index in [0.717, 1.165) is 36.8 Å². The molecule has 158 valence electrons. The summed E-state index contributed by atoms with van der Waals surface area (Å²) in [6.45, 7) is 7.87. The molecule has 0 aliphatic carbocycles. The van der Waals surface area contributed by atoms with Crippen LogP contribution < -0.4 is 5.32 Å². The van der Waals surface area contributed by atoms with Gasteiger partial charge in [-0.2, -0.15) is 0 Å². The fourth-order valence-electron chi connectivity index (χ4n) is 4.00. The molecule has 3 aromatic rings. The first-order valence-electron chi connectivity index (χ1n) is 10.5. The van der Waals surface area contributed by atoms with E-state index in [9.17, 15) is 4.79 Å². The molecule has 8 heteroatoms. The third-order valence-electron chi connectivity index (χ3n) is 5.67. The summed E-state index contributed by atoms with van der Waals surface area (Å²) in [5.74, 6) is 0.780. The van der Waals surface area contributed by atoms with E-state index in [2.05, 4.69) is 51.2 Å². The van der Waals surface area contributed by atoms with Gasteiger partial charge >= 0.3 is 0 Å². The van der Waals surface area contributed by atoms with E-state index >= 15 is 0 Å². The van der Waals surface area contributed by atoms with Crippen LogP contribution in [0, 0.1) is 0 Å². The van der Waals surface area contributed by atoms with Crippen LogP contribution in [0.4, 0.5) is 0 Å². The number of piperazine rings is 1. The Kier molecular flexibility index (Phi) is 6.06. The minimum absolute atomic E-state index is 0.103. The number of aromatic nitrogens is 4. The first kappa shape index (κ1) is 20.4. The van der Waals surface area contributed by atoms with E-state index in [4.69, 9.17) is 0 Å². The smallest absolute Gasteiger partial charge is 0.252 e. The number of likely N-dealkylation sites (N-methyl/N-ethyl adjacent to an activating group) is 1. The number of hydrogen-bond acceptors (Lipinski definition) is 6. The van der Waals surface area contributed by atoms with Crippen molar-refractivity contribution in [1.29, 1.82) is 0 Å². The summed E-state index contributed by atoms with van der Waals surface area (Å²) in [5, 5.41) is 11.8. The van der Waals surface area contributed by atoms with Crippen molar-refractivity contribution in [2.45, 2.75) is 32.4 Å². The summed E-state index contributed by atoms with van der Waals surface area (Å²) < 4.78 is 1.97. The molecule has 4 heterocycles. The lowest BCUT2D eigenvalue weighted by atomic mass is 10.1. The van der Waals surface area contributed by atoms with Gasteiger partial charge in [-0.25, -0.2) is 0 Å². The van der Waals surface area contributed by atoms with Crippen LogP contribution in [0.3, 0.4) is 0 Å². The third kappa shape index (κ3) is 4.34. The van der Waals surface area contributed by atoms with Gasteiger partial charge in [0.05, 0.1) is 11.6 Å². The van der Waals surface area contributed by atoms with Crippen molar-refractivity contribution in [2.24, 2.45) is 0 Å². The Balaban J connectivity index is 1.52. The molecule has 0 radical (unpaired) electrons. The van der Waals surface area contributed by atoms with Gasteiger partial charge in [0.25, 0.3) is 5.91 Å². The van der Waals surface area contributed by atoms with E-state index in [0.29, 0.717) is 24.6 Å². The van der Waals surface area contributed by atoms with Gasteiger partial charge in [0.2, 0.25) is 0 Å². The van der Waals surface area contributed by atoms with Crippen LogP contribution in [0.2, 0.25) is 0 Å². The lowest BCUT2D eigenvalue weighted by molar-refractivity contribution is 0.0586. The molecule has 0 spiro atoms. The number of rotatable bonds is 6. The maximum atomic E-state index is 12.7. The highest BCUT2D eigenvalue weighted by Crippen LogP contribution is 2.26. The lowest BCUT2D eigenvalue weighted by Gasteiger charge is -2.41. The number of nitrogens with one attached hydrogen (secondary N) is 1. The largest absolute Gasteiger partial charge is 0.352 e. The van der Waals surface area contributed by atoms with Crippen LogP contribution in [0.5, 0.6) is 0 Å². The Labute approximate surface area is 176 Å². The van der Waals surface area contributed by atoms with Gasteiger partial charge < -0.3 is 10.2 Å². The van der Waals surface area contributed by atoms with Gasteiger partial charge in [-0.15, -0.1) is 10.2 Å². The second-order valence-electron chi connectivity index (χ2n) is 8.14. The van der Waals surface area contributed by atoms with Crippen LogP contribution in [0.1, 0.15) is 41.8 Å². The molecule has 1 N–H and O–H groups in total. The third-order valence-corrected chi connectivity index (χ3v) is 5.67. The molecule has 1 fully saturated rings. The van der Waals surface area contributed by atoms with Crippen LogP contribution >= 0.6 is 0 Å². The average Bonchev–Trinajstić information content (AvgIpc) is 3.17. The van der Waals surface area contributed by atoms with Crippen molar-refractivity contribution in [3.05, 3.63) is 59.8 Å². The summed E-state index contributed by atoms with van der Waals surface area (Å²) in [6.07, 6.45) is 4.32. The molecule has 3 aromatic heterocycles. The Hall–Kier alpha value is -2.84. The molecule has 0 saturated carbocycles. The SMILES string of the molecule is CC(C)N1CCN(C)C[C@H]1c1nnc2ccc(C(=O)NCCc3ccccn3)cn12. The lowest BCUT2D eigenvalue weighted by Crippen LogP contribution is -2.50. The van der Waals surface area contributed by atoms with E-state index in [1.807, 2.05) is 34.9 Å². The average molecular weight is 408 g/mol. The molecule has 0 aromatic carbocycles. The number of amides is 1. The first-order chi connectivity index (χ1) is 14.5. The topological polar surface area (TPSA) is 78.7 Å². The molecular formula is C22H29N7O. The number of hydrogen-bond donors (Lipinski definition) is 1. The second kappa shape index (κ2) is 8.89. The van der Waals surface area contributed by atoms with Gasteiger partial charge in [0.15, 0.2) is 11.5 Å². The predicted octanol–water partition coefficient (Wildman–Crippen LogP) is 1.79. The molecule has 1 saturated heterocycles. The summed E-state index contributed by atoms with van der Waals surface area (Å²) >= 11 is 0. The fraction of sp³-hybridized carbons (Fsp3) is 0.455. The molecule has 0 bridgehead atoms. The minimum atomic E-state index is -0.103. The quantitative estimate of drug-likeness (QED) is 0.671. The number of fused-ring (bicyclic) bond motifs is 1. The molecule has 4 rings (SSSR count). The van der Waals surface area contributed by atoms with Crippen molar-refractivity contribution in [3.8, 4) is 0 Å². The fourth-order valence-corrected chi connectivity index (χ4v) is 4.00. The molecule has 0 unspecified atom stereocenters. The zero-order valence-electron chi connectivity index (χ0n) is 17.8. The molecule has 1 aliphatic heterocycles. The Morgan fingerprint density at radius 2 is 2.07 bits per heavy atom. The standard InChI is InChI=1S/C22H29N7O/c1-16(2)28-13-12-27(3)15-19(28)21-26-25-20-8-7-17(14-29(20)21)22(30)24-11-9-18-6-4-5-10-23-18/h4-8,10,14,16,19H,9,11-13,15H2,1-3H3,(H,24,30)/t19-/m0/s1. The van der Waals surface area contributed by atoms with Crippen molar-refractivity contribution >= 4 is 11.6 Å². The van der Waals surface area contributed by atoms with E-state index in [1.165, 1.54) is 0 Å². The van der Waals surface area contributed by atoms with Crippen molar-refractivity contribution in [2.75, 3.05) is 33.2 Å². The van der Waals surface area contributed by atoms with Crippen LogP contribution in [0.15, 0.2) is 42.7 Å². The first-order valence-corrected chi connectivity index (χ1v) is 10.5. The number of carbonyl (C=O) groups is 1. The van der Waals surface area contributed by atoms with Gasteiger partial charge in [0, 0.05) is 56.7 Å². The predicted molar refractivity (Wildman–Crippen MR) is 115 cm³/mol. The zero-order chi connectivity index (χ0) is 21.1. The molecule has 1 atom stereocenters. The number of carbonyl (C=O) groups excluding carboxylic acids is 1. The van der Waals surface area contributed by atoms with E-state index < -0.39 is 0 Å². The molecule has 1 amide bonds. The van der Waals surface area contributed by atoms with Crippen LogP contribution in [-0.4, -0.2) is 74.6 Å². The maximum absolute atomic E-state index is 12.7. The summed E-state index contributed by atoms with van der Waals surface area (Å²) in [4.78, 5) is 21.8. The van der Waals surface area contributed by atoms with Crippen molar-refractivity contribution in [3.63, 3.8) is 0 Å². The summed E-state index contributed by atoms with van der Waals surface area (Å²) in [6, 6.07) is 10.0. The van der Waals surface area contributed by atoms with Gasteiger partial charge in [-0.3, -0.25) is 19.1 Å². The van der Waals surface area contributed by atoms with Crippen LogP contribution in [0.25, 0.3) is 5.65 Å². The molecule has 30 heavy (non-hydrogen) atoms. The maximum Gasteiger partial charge on any atom is 0.252 e. The van der Waals surface area contributed by atoms with Gasteiger partial charge in [-0.1, -0.05) is 6.07 Å². The summed E-state index contributed by atoms with van der Waals surface area (Å²) in [7, 11) is 2.13. The normalized spacial score (nSPS) is 18.2. The van der Waals surface area contributed by atoms with Crippen molar-refractivity contribution < 1.29 is 4.79 Å². The molecular weight excluding hydrogens is 378 g/mol. The highest BCUT2D eigenvalue weighted by molar-refractivity contribution is 5.94. The van der Waals surface area contributed by atoms with Crippen LogP contribution in [-0.2, 0) is 6.42 Å². The highest BCUT2D eigenvalue weighted by Gasteiger charge is 2.31. The number of pyridine rings is 2. The second-order valence-corrected chi connectivity index (χ2v) is 8.14. The monoisotopic (exact) mass is 407 g/mol. The Morgan fingerprint density at radius 1 is 1.20 bits per heavy atom.